The van der Waals surface area contributed by atoms with Gasteiger partial charge in [-0.05, 0) is 96.3 Å². The Morgan fingerprint density at radius 1 is 0.565 bits per heavy atom. The van der Waals surface area contributed by atoms with Gasteiger partial charge < -0.3 is 45.0 Å². The number of carbonyl (C=O) groups excluding carboxylic acids is 2. The molecule has 1 saturated carbocycles. The second-order valence-electron chi connectivity index (χ2n) is 15.3. The van der Waals surface area contributed by atoms with Crippen LogP contribution in [0.2, 0.25) is 0 Å². The molecule has 62 heavy (non-hydrogen) atoms. The Morgan fingerprint density at radius 2 is 1.00 bits per heavy atom. The predicted molar refractivity (Wildman–Crippen MR) is 241 cm³/mol. The number of hydrogen-bond donors (Lipinski definition) is 7. The smallest absolute Gasteiger partial charge is 0.462 e. The standard InChI is InChI=1S/C47H77O14P/c1-3-5-6-7-8-9-10-11-12-16-19-22-25-28-31-34-40(49)58-36-39(37-59-62(56,57)61-47-45(54)43(52)42(51)44(53)46(47)55)60-41(50)35-32-29-26-23-20-17-14-13-15-18-21-24-27-30-33-38(48)4-2/h8-9,11-12,14-15,17-19,22-24,26-27,38-39,42-48,51-55H,3-7,10,13,16,20-21,25,28-37H2,1-2H3,(H,56,57)/b9-8-,12-11-,17-14-,18-15-,22-19-,26-23-,27-24-/t38-,39-,42?,43-,44+,45-,46-,47?/m1/s1. The van der Waals surface area contributed by atoms with Crippen molar-refractivity contribution in [2.75, 3.05) is 13.2 Å². The monoisotopic (exact) mass is 897 g/mol. The molecule has 7 N–H and O–H groups in total. The Labute approximate surface area is 370 Å². The third-order valence-electron chi connectivity index (χ3n) is 9.87. The fraction of sp³-hybridized carbons (Fsp3) is 0.660. The lowest BCUT2D eigenvalue weighted by molar-refractivity contribution is -0.220. The van der Waals surface area contributed by atoms with Gasteiger partial charge in [0.1, 0.15) is 43.2 Å². The molecule has 14 nitrogen and oxygen atoms in total. The van der Waals surface area contributed by atoms with Crippen molar-refractivity contribution in [1.29, 1.82) is 0 Å². The summed E-state index contributed by atoms with van der Waals surface area (Å²) in [5.41, 5.74) is 0. The number of aliphatic hydroxyl groups is 6. The van der Waals surface area contributed by atoms with Gasteiger partial charge in [-0.1, -0.05) is 112 Å². The Bertz CT molecular complexity index is 1420. The van der Waals surface area contributed by atoms with Crippen molar-refractivity contribution < 1.29 is 68.2 Å². The molecule has 1 rings (SSSR count). The van der Waals surface area contributed by atoms with Crippen molar-refractivity contribution >= 4 is 19.8 Å². The van der Waals surface area contributed by atoms with Gasteiger partial charge in [-0.2, -0.15) is 0 Å². The third-order valence-corrected chi connectivity index (χ3v) is 10.9. The average molecular weight is 897 g/mol. The van der Waals surface area contributed by atoms with Crippen molar-refractivity contribution in [2.24, 2.45) is 0 Å². The summed E-state index contributed by atoms with van der Waals surface area (Å²) in [7, 11) is -5.15. The molecule has 0 spiro atoms. The first kappa shape index (κ1) is 57.0. The van der Waals surface area contributed by atoms with Crippen LogP contribution in [-0.2, 0) is 32.7 Å². The molecule has 0 amide bonds. The van der Waals surface area contributed by atoms with Gasteiger partial charge in [0.25, 0.3) is 0 Å². The Hall–Kier alpha value is -3.01. The number of aliphatic hydroxyl groups excluding tert-OH is 6. The van der Waals surface area contributed by atoms with Crippen molar-refractivity contribution in [1.82, 2.24) is 0 Å². The summed E-state index contributed by atoms with van der Waals surface area (Å²) in [5.74, 6) is -1.24. The van der Waals surface area contributed by atoms with E-state index >= 15 is 0 Å². The molecule has 0 heterocycles. The van der Waals surface area contributed by atoms with Crippen LogP contribution in [0.4, 0.5) is 0 Å². The molecule has 0 aromatic carbocycles. The highest BCUT2D eigenvalue weighted by Gasteiger charge is 2.51. The maximum atomic E-state index is 12.8. The number of carbonyl (C=O) groups is 2. The fourth-order valence-electron chi connectivity index (χ4n) is 6.03. The third kappa shape index (κ3) is 28.6. The minimum absolute atomic E-state index is 0.00557. The van der Waals surface area contributed by atoms with Gasteiger partial charge in [0.15, 0.2) is 6.10 Å². The lowest BCUT2D eigenvalue weighted by atomic mass is 9.85. The van der Waals surface area contributed by atoms with Crippen LogP contribution in [0.1, 0.15) is 136 Å². The average Bonchev–Trinajstić information content (AvgIpc) is 3.25. The van der Waals surface area contributed by atoms with Gasteiger partial charge in [-0.3, -0.25) is 18.6 Å². The number of hydrogen-bond acceptors (Lipinski definition) is 13. The van der Waals surface area contributed by atoms with Gasteiger partial charge in [0.2, 0.25) is 0 Å². The van der Waals surface area contributed by atoms with Crippen LogP contribution in [0.25, 0.3) is 0 Å². The van der Waals surface area contributed by atoms with Crippen molar-refractivity contribution in [3.05, 3.63) is 85.1 Å². The lowest BCUT2D eigenvalue weighted by Crippen LogP contribution is -2.64. The molecule has 0 saturated heterocycles. The van der Waals surface area contributed by atoms with E-state index in [1.807, 2.05) is 25.2 Å². The van der Waals surface area contributed by atoms with E-state index in [-0.39, 0.29) is 18.9 Å². The van der Waals surface area contributed by atoms with Crippen LogP contribution in [0.15, 0.2) is 85.1 Å². The van der Waals surface area contributed by atoms with Crippen LogP contribution < -0.4 is 0 Å². The maximum absolute atomic E-state index is 12.8. The first-order valence-corrected chi connectivity index (χ1v) is 24.0. The highest BCUT2D eigenvalue weighted by atomic mass is 31.2. The number of rotatable bonds is 35. The second-order valence-corrected chi connectivity index (χ2v) is 16.7. The van der Waals surface area contributed by atoms with Crippen molar-refractivity contribution in [3.8, 4) is 0 Å². The molecule has 0 bridgehead atoms. The van der Waals surface area contributed by atoms with Crippen LogP contribution in [0, 0.1) is 0 Å². The van der Waals surface area contributed by atoms with Crippen LogP contribution in [0.5, 0.6) is 0 Å². The number of allylic oxidation sites excluding steroid dienone is 14. The van der Waals surface area contributed by atoms with E-state index in [0.717, 1.165) is 70.6 Å². The Kier molecular flexibility index (Phi) is 33.4. The van der Waals surface area contributed by atoms with E-state index in [9.17, 15) is 49.7 Å². The van der Waals surface area contributed by atoms with E-state index in [1.54, 1.807) is 0 Å². The highest BCUT2D eigenvalue weighted by Crippen LogP contribution is 2.47. The summed E-state index contributed by atoms with van der Waals surface area (Å²) in [6, 6.07) is 0. The normalized spacial score (nSPS) is 23.2. The molecule has 1 aliphatic carbocycles. The largest absolute Gasteiger partial charge is 0.472 e. The SMILES string of the molecule is CCCCC/C=C\C/C=C\C/C=C\CCCCC(=O)OC[C@H](COP(=O)(O)OC1[C@H](O)[C@H](O)C(O)[C@H](O)[C@H]1O)OC(=O)CCC/C=C\C/C=C\C/C=C\C/C=C\CC[C@H](O)CC. The summed E-state index contributed by atoms with van der Waals surface area (Å²) in [5, 5.41) is 59.7. The fourth-order valence-corrected chi connectivity index (χ4v) is 7.00. The summed E-state index contributed by atoms with van der Waals surface area (Å²) in [4.78, 5) is 35.6. The van der Waals surface area contributed by atoms with Gasteiger partial charge >= 0.3 is 19.8 Å². The number of phosphoric acid groups is 1. The number of unbranched alkanes of at least 4 members (excludes halogenated alkanes) is 6. The maximum Gasteiger partial charge on any atom is 0.472 e. The quantitative estimate of drug-likeness (QED) is 0.0142. The molecular formula is C47H77O14P. The molecule has 0 aromatic rings. The molecule has 9 atom stereocenters. The summed E-state index contributed by atoms with van der Waals surface area (Å²) < 4.78 is 33.4. The second kappa shape index (κ2) is 36.3. The number of esters is 2. The zero-order valence-corrected chi connectivity index (χ0v) is 37.9. The molecule has 0 aliphatic heterocycles. The van der Waals surface area contributed by atoms with E-state index in [0.29, 0.717) is 19.3 Å². The zero-order chi connectivity index (χ0) is 45.9. The number of phosphoric ester groups is 1. The molecule has 1 fully saturated rings. The van der Waals surface area contributed by atoms with E-state index in [1.165, 1.54) is 19.3 Å². The van der Waals surface area contributed by atoms with Crippen LogP contribution in [-0.4, -0.2) is 110 Å². The zero-order valence-electron chi connectivity index (χ0n) is 37.0. The number of ether oxygens (including phenoxy) is 2. The van der Waals surface area contributed by atoms with Gasteiger partial charge in [-0.25, -0.2) is 4.57 Å². The van der Waals surface area contributed by atoms with Crippen LogP contribution in [0.3, 0.4) is 0 Å². The highest BCUT2D eigenvalue weighted by molar-refractivity contribution is 7.47. The molecule has 354 valence electrons. The summed E-state index contributed by atoms with van der Waals surface area (Å²) in [6.07, 6.45) is 30.2. The Balaban J connectivity index is 2.56. The molecular weight excluding hydrogens is 819 g/mol. The van der Waals surface area contributed by atoms with Crippen molar-refractivity contribution in [2.45, 2.75) is 185 Å². The molecule has 15 heteroatoms. The summed E-state index contributed by atoms with van der Waals surface area (Å²) >= 11 is 0. The summed E-state index contributed by atoms with van der Waals surface area (Å²) in [6.45, 7) is 2.89. The van der Waals surface area contributed by atoms with E-state index < -0.39 is 75.7 Å². The molecule has 0 aromatic heterocycles. The van der Waals surface area contributed by atoms with E-state index in [2.05, 4.69) is 73.8 Å². The first-order chi connectivity index (χ1) is 29.8. The van der Waals surface area contributed by atoms with Gasteiger partial charge in [-0.15, -0.1) is 0 Å². The minimum atomic E-state index is -5.15. The molecule has 3 unspecified atom stereocenters. The predicted octanol–water partition coefficient (Wildman–Crippen LogP) is 7.47. The lowest BCUT2D eigenvalue weighted by Gasteiger charge is -2.41. The van der Waals surface area contributed by atoms with Crippen molar-refractivity contribution in [3.63, 3.8) is 0 Å². The minimum Gasteiger partial charge on any atom is -0.462 e. The van der Waals surface area contributed by atoms with Gasteiger partial charge in [0.05, 0.1) is 12.7 Å². The van der Waals surface area contributed by atoms with E-state index in [4.69, 9.17) is 18.5 Å². The molecule has 0 radical (unpaired) electrons. The first-order valence-electron chi connectivity index (χ1n) is 22.5. The molecule has 1 aliphatic rings. The van der Waals surface area contributed by atoms with Crippen LogP contribution >= 0.6 is 7.82 Å². The van der Waals surface area contributed by atoms with Gasteiger partial charge in [0, 0.05) is 12.8 Å². The Morgan fingerprint density at radius 3 is 1.50 bits per heavy atom. The topological polar surface area (TPSA) is 230 Å².